The van der Waals surface area contributed by atoms with Gasteiger partial charge in [-0.15, -0.1) is 0 Å². The monoisotopic (exact) mass is 570 g/mol. The lowest BCUT2D eigenvalue weighted by atomic mass is 10.1. The molecule has 0 aliphatic carbocycles. The second-order valence-corrected chi connectivity index (χ2v) is 8.75. The van der Waals surface area contributed by atoms with Gasteiger partial charge in [-0.2, -0.15) is 15.0 Å². The quantitative estimate of drug-likeness (QED) is 0.106. The van der Waals surface area contributed by atoms with E-state index in [0.717, 1.165) is 11.1 Å². The summed E-state index contributed by atoms with van der Waals surface area (Å²) in [5.41, 5.74) is 1.49. The van der Waals surface area contributed by atoms with Crippen LogP contribution >= 0.6 is 0 Å². The molecular formula is C27H34N6O8. The highest BCUT2D eigenvalue weighted by Crippen LogP contribution is 2.18. The van der Waals surface area contributed by atoms with Crippen LogP contribution in [0.25, 0.3) is 0 Å². The maximum atomic E-state index is 12.6. The average Bonchev–Trinajstić information content (AvgIpc) is 2.97. The normalized spacial score (nSPS) is 12.2. The number of anilines is 3. The van der Waals surface area contributed by atoms with Crippen LogP contribution in [0.5, 0.6) is 11.5 Å². The smallest absolute Gasteiger partial charge is 0.328 e. The minimum absolute atomic E-state index is 0.0173. The molecule has 0 aliphatic rings. The molecule has 0 amide bonds. The van der Waals surface area contributed by atoms with Crippen LogP contribution in [-0.2, 0) is 36.6 Å². The third-order valence-corrected chi connectivity index (χ3v) is 5.73. The first-order chi connectivity index (χ1) is 19.8. The number of aromatic nitrogens is 3. The molecule has 1 aromatic heterocycles. The van der Waals surface area contributed by atoms with Gasteiger partial charge in [0.25, 0.3) is 0 Å². The number of hydrogen-bond donors (Lipinski definition) is 6. The summed E-state index contributed by atoms with van der Waals surface area (Å²) >= 11 is 0. The van der Waals surface area contributed by atoms with Gasteiger partial charge in [0.05, 0.1) is 34.0 Å². The number of esters is 2. The molecule has 0 radical (unpaired) electrons. The highest BCUT2D eigenvalue weighted by atomic mass is 16.5. The number of rotatable bonds is 16. The van der Waals surface area contributed by atoms with E-state index in [1.54, 1.807) is 24.3 Å². The van der Waals surface area contributed by atoms with Crippen molar-refractivity contribution in [3.8, 4) is 11.5 Å². The van der Waals surface area contributed by atoms with E-state index in [1.807, 2.05) is 0 Å². The third kappa shape index (κ3) is 10.1. The first kappa shape index (κ1) is 30.8. The zero-order valence-corrected chi connectivity index (χ0v) is 22.7. The highest BCUT2D eigenvalue weighted by Gasteiger charge is 2.24. The van der Waals surface area contributed by atoms with Gasteiger partial charge in [-0.05, 0) is 35.4 Å². The van der Waals surface area contributed by atoms with E-state index in [1.165, 1.54) is 38.5 Å². The second-order valence-electron chi connectivity index (χ2n) is 8.75. The van der Waals surface area contributed by atoms with Crippen LogP contribution in [0.3, 0.4) is 0 Å². The number of benzene rings is 2. The molecule has 1 heterocycles. The van der Waals surface area contributed by atoms with Crippen LogP contribution in [-0.4, -0.2) is 94.9 Å². The fraction of sp³-hybridized carbons (Fsp3) is 0.370. The van der Waals surface area contributed by atoms with Crippen molar-refractivity contribution in [2.75, 3.05) is 56.5 Å². The third-order valence-electron chi connectivity index (χ3n) is 5.73. The fourth-order valence-corrected chi connectivity index (χ4v) is 3.70. The summed E-state index contributed by atoms with van der Waals surface area (Å²) in [6.45, 7) is 0.619. The SMILES string of the molecule is COC(=O)[C@H](Cc1ccc(O)cc1)Nc1nc(NCCOCCO)nc(N[C@@H](Cc2ccc(O)cc2)C(=O)OC)n1. The highest BCUT2D eigenvalue weighted by molar-refractivity contribution is 5.80. The van der Waals surface area contributed by atoms with Gasteiger partial charge in [-0.25, -0.2) is 9.59 Å². The Balaban J connectivity index is 1.87. The minimum atomic E-state index is -0.895. The molecule has 220 valence electrons. The van der Waals surface area contributed by atoms with E-state index >= 15 is 0 Å². The summed E-state index contributed by atoms with van der Waals surface area (Å²) in [6, 6.07) is 11.0. The Morgan fingerprint density at radius 2 is 1.17 bits per heavy atom. The summed E-state index contributed by atoms with van der Waals surface area (Å²) < 4.78 is 15.2. The second kappa shape index (κ2) is 15.8. The van der Waals surface area contributed by atoms with Gasteiger partial charge in [-0.3, -0.25) is 0 Å². The number of phenolic OH excluding ortho intramolecular Hbond substituents is 2. The lowest BCUT2D eigenvalue weighted by molar-refractivity contribution is -0.142. The number of phenols is 2. The summed E-state index contributed by atoms with van der Waals surface area (Å²) in [6.07, 6.45) is 0.398. The van der Waals surface area contributed by atoms with E-state index in [-0.39, 0.29) is 62.0 Å². The van der Waals surface area contributed by atoms with Crippen LogP contribution < -0.4 is 16.0 Å². The average molecular weight is 571 g/mol. The molecule has 0 aliphatic heterocycles. The summed E-state index contributed by atoms with van der Waals surface area (Å²) in [5, 5.41) is 37.0. The summed E-state index contributed by atoms with van der Waals surface area (Å²) in [5.74, 6) is -0.794. The van der Waals surface area contributed by atoms with Gasteiger partial charge in [0.2, 0.25) is 17.8 Å². The lowest BCUT2D eigenvalue weighted by Gasteiger charge is -2.20. The Kier molecular flexibility index (Phi) is 11.9. The Hall–Kier alpha value is -4.69. The minimum Gasteiger partial charge on any atom is -0.508 e. The molecule has 3 aromatic rings. The van der Waals surface area contributed by atoms with E-state index in [4.69, 9.17) is 19.3 Å². The number of carbonyl (C=O) groups is 2. The maximum absolute atomic E-state index is 12.6. The predicted molar refractivity (Wildman–Crippen MR) is 149 cm³/mol. The molecule has 0 saturated carbocycles. The first-order valence-electron chi connectivity index (χ1n) is 12.7. The topological polar surface area (TPSA) is 197 Å². The molecule has 0 unspecified atom stereocenters. The molecule has 0 fully saturated rings. The van der Waals surface area contributed by atoms with Crippen molar-refractivity contribution in [3.05, 3.63) is 59.7 Å². The molecular weight excluding hydrogens is 536 g/mol. The molecule has 6 N–H and O–H groups in total. The Morgan fingerprint density at radius 3 is 1.59 bits per heavy atom. The van der Waals surface area contributed by atoms with E-state index in [2.05, 4.69) is 30.9 Å². The lowest BCUT2D eigenvalue weighted by Crippen LogP contribution is -2.35. The van der Waals surface area contributed by atoms with E-state index in [0.29, 0.717) is 6.54 Å². The number of aliphatic hydroxyl groups excluding tert-OH is 1. The molecule has 2 aromatic carbocycles. The van der Waals surface area contributed by atoms with E-state index in [9.17, 15) is 19.8 Å². The summed E-state index contributed by atoms with van der Waals surface area (Å²) in [7, 11) is 2.52. The van der Waals surface area contributed by atoms with Crippen molar-refractivity contribution in [1.82, 2.24) is 15.0 Å². The fourth-order valence-electron chi connectivity index (χ4n) is 3.70. The first-order valence-corrected chi connectivity index (χ1v) is 12.7. The largest absolute Gasteiger partial charge is 0.508 e. The maximum Gasteiger partial charge on any atom is 0.328 e. The molecule has 0 spiro atoms. The number of hydrogen-bond acceptors (Lipinski definition) is 14. The zero-order valence-electron chi connectivity index (χ0n) is 22.7. The molecule has 41 heavy (non-hydrogen) atoms. The van der Waals surface area contributed by atoms with Gasteiger partial charge in [-0.1, -0.05) is 24.3 Å². The van der Waals surface area contributed by atoms with Crippen LogP contribution in [0.2, 0.25) is 0 Å². The van der Waals surface area contributed by atoms with Crippen molar-refractivity contribution < 1.29 is 39.1 Å². The number of ether oxygens (including phenoxy) is 3. The van der Waals surface area contributed by atoms with Crippen molar-refractivity contribution in [2.45, 2.75) is 24.9 Å². The Labute approximate surface area is 236 Å². The van der Waals surface area contributed by atoms with Crippen LogP contribution in [0.4, 0.5) is 17.8 Å². The molecule has 0 saturated heterocycles. The Morgan fingerprint density at radius 1 is 0.732 bits per heavy atom. The number of carbonyl (C=O) groups excluding carboxylic acids is 2. The standard InChI is InChI=1S/C27H34N6O8/c1-39-23(37)21(15-17-3-7-19(35)8-4-17)29-26-31-25(28-11-13-41-14-12-34)32-27(33-26)30-22(24(38)40-2)16-18-5-9-20(36)10-6-18/h3-10,21-22,34-36H,11-16H2,1-2H3,(H3,28,29,30,31,32,33)/t21-,22-/m0/s1. The van der Waals surface area contributed by atoms with Gasteiger partial charge >= 0.3 is 11.9 Å². The van der Waals surface area contributed by atoms with Gasteiger partial charge < -0.3 is 45.5 Å². The molecule has 3 rings (SSSR count). The van der Waals surface area contributed by atoms with Crippen molar-refractivity contribution in [2.24, 2.45) is 0 Å². The molecule has 14 nitrogen and oxygen atoms in total. The predicted octanol–water partition coefficient (Wildman–Crippen LogP) is 1.10. The Bertz CT molecular complexity index is 1170. The number of methoxy groups -OCH3 is 2. The molecule has 2 atom stereocenters. The van der Waals surface area contributed by atoms with E-state index < -0.39 is 24.0 Å². The van der Waals surface area contributed by atoms with Crippen molar-refractivity contribution >= 4 is 29.8 Å². The van der Waals surface area contributed by atoms with Crippen LogP contribution in [0.15, 0.2) is 48.5 Å². The van der Waals surface area contributed by atoms with Crippen molar-refractivity contribution in [1.29, 1.82) is 0 Å². The zero-order chi connectivity index (χ0) is 29.6. The van der Waals surface area contributed by atoms with Crippen molar-refractivity contribution in [3.63, 3.8) is 0 Å². The van der Waals surface area contributed by atoms with Gasteiger partial charge in [0.1, 0.15) is 23.6 Å². The number of aliphatic hydroxyl groups is 1. The molecule has 0 bridgehead atoms. The number of nitrogens with zero attached hydrogens (tertiary/aromatic N) is 3. The summed E-state index contributed by atoms with van der Waals surface area (Å²) in [4.78, 5) is 38.3. The van der Waals surface area contributed by atoms with Gasteiger partial charge in [0, 0.05) is 19.4 Å². The molecule has 14 heteroatoms. The number of aromatic hydroxyl groups is 2. The number of nitrogens with one attached hydrogen (secondary N) is 3. The van der Waals surface area contributed by atoms with Crippen LogP contribution in [0.1, 0.15) is 11.1 Å². The van der Waals surface area contributed by atoms with Crippen LogP contribution in [0, 0.1) is 0 Å². The van der Waals surface area contributed by atoms with Gasteiger partial charge in [0.15, 0.2) is 0 Å².